The van der Waals surface area contributed by atoms with Crippen LogP contribution in [0.15, 0.2) is 59.1 Å². The summed E-state index contributed by atoms with van der Waals surface area (Å²) in [6.07, 6.45) is 0.875. The minimum absolute atomic E-state index is 0.117. The van der Waals surface area contributed by atoms with Gasteiger partial charge in [-0.05, 0) is 29.7 Å². The van der Waals surface area contributed by atoms with Crippen LogP contribution in [-0.4, -0.2) is 17.4 Å². The van der Waals surface area contributed by atoms with E-state index >= 15 is 0 Å². The lowest BCUT2D eigenvalue weighted by atomic mass is 10.1. The predicted octanol–water partition coefficient (Wildman–Crippen LogP) is 4.04. The lowest BCUT2D eigenvalue weighted by Crippen LogP contribution is -2.30. The fourth-order valence-corrected chi connectivity index (χ4v) is 2.33. The number of carbonyl (C=O) groups excluding carboxylic acids is 1. The van der Waals surface area contributed by atoms with Crippen molar-refractivity contribution < 1.29 is 4.79 Å². The van der Waals surface area contributed by atoms with Crippen molar-refractivity contribution >= 4 is 21.8 Å². The third kappa shape index (κ3) is 4.49. The molecule has 104 valence electrons. The first-order chi connectivity index (χ1) is 9.65. The molecule has 0 aliphatic rings. The fourth-order valence-electron chi connectivity index (χ4n) is 2.07. The standard InChI is InChI=1S/C17H18BrNO/c1-14(20)19(13-16-5-3-2-4-6-16)12-11-15-7-9-17(18)10-8-15/h2-10H,11-13H2,1H3. The van der Waals surface area contributed by atoms with Crippen molar-refractivity contribution in [1.82, 2.24) is 4.90 Å². The fraction of sp³-hybridized carbons (Fsp3) is 0.235. The van der Waals surface area contributed by atoms with Gasteiger partial charge in [-0.25, -0.2) is 0 Å². The molecule has 0 bridgehead atoms. The number of halogens is 1. The van der Waals surface area contributed by atoms with E-state index in [0.717, 1.165) is 17.4 Å². The summed E-state index contributed by atoms with van der Waals surface area (Å²) in [6.45, 7) is 3.04. The topological polar surface area (TPSA) is 20.3 Å². The quantitative estimate of drug-likeness (QED) is 0.809. The van der Waals surface area contributed by atoms with E-state index in [1.54, 1.807) is 6.92 Å². The average Bonchev–Trinajstić information content (AvgIpc) is 2.46. The summed E-state index contributed by atoms with van der Waals surface area (Å²) < 4.78 is 1.08. The van der Waals surface area contributed by atoms with Gasteiger partial charge in [-0.3, -0.25) is 4.79 Å². The molecule has 3 heteroatoms. The molecule has 2 nitrogen and oxygen atoms in total. The van der Waals surface area contributed by atoms with Gasteiger partial charge < -0.3 is 4.90 Å². The highest BCUT2D eigenvalue weighted by molar-refractivity contribution is 9.10. The third-order valence-electron chi connectivity index (χ3n) is 3.25. The molecule has 0 unspecified atom stereocenters. The Bertz CT molecular complexity index is 551. The first-order valence-electron chi connectivity index (χ1n) is 6.69. The highest BCUT2D eigenvalue weighted by Gasteiger charge is 2.09. The Morgan fingerprint density at radius 3 is 2.25 bits per heavy atom. The Morgan fingerprint density at radius 1 is 1.00 bits per heavy atom. The van der Waals surface area contributed by atoms with Crippen LogP contribution in [0.4, 0.5) is 0 Å². The van der Waals surface area contributed by atoms with Crippen LogP contribution in [0.3, 0.4) is 0 Å². The van der Waals surface area contributed by atoms with Gasteiger partial charge in [0.15, 0.2) is 0 Å². The van der Waals surface area contributed by atoms with Gasteiger partial charge in [-0.1, -0.05) is 58.4 Å². The molecule has 0 saturated heterocycles. The van der Waals surface area contributed by atoms with E-state index in [0.29, 0.717) is 6.54 Å². The molecule has 1 amide bonds. The molecular weight excluding hydrogens is 314 g/mol. The van der Waals surface area contributed by atoms with Gasteiger partial charge in [-0.2, -0.15) is 0 Å². The normalized spacial score (nSPS) is 10.3. The van der Waals surface area contributed by atoms with Crippen LogP contribution < -0.4 is 0 Å². The van der Waals surface area contributed by atoms with Gasteiger partial charge in [0, 0.05) is 24.5 Å². The monoisotopic (exact) mass is 331 g/mol. The number of nitrogens with zero attached hydrogens (tertiary/aromatic N) is 1. The minimum atomic E-state index is 0.117. The largest absolute Gasteiger partial charge is 0.338 e. The molecule has 0 atom stereocenters. The van der Waals surface area contributed by atoms with E-state index in [2.05, 4.69) is 40.2 Å². The molecular formula is C17H18BrNO. The summed E-state index contributed by atoms with van der Waals surface area (Å²) in [5.41, 5.74) is 2.41. The number of rotatable bonds is 5. The van der Waals surface area contributed by atoms with Crippen molar-refractivity contribution in [3.05, 3.63) is 70.2 Å². The number of hydrogen-bond donors (Lipinski definition) is 0. The summed E-state index contributed by atoms with van der Waals surface area (Å²) >= 11 is 3.43. The zero-order valence-corrected chi connectivity index (χ0v) is 13.1. The maximum Gasteiger partial charge on any atom is 0.219 e. The summed E-state index contributed by atoms with van der Waals surface area (Å²) in [7, 11) is 0. The van der Waals surface area contributed by atoms with Crippen LogP contribution >= 0.6 is 15.9 Å². The molecule has 0 radical (unpaired) electrons. The highest BCUT2D eigenvalue weighted by Crippen LogP contribution is 2.12. The van der Waals surface area contributed by atoms with Gasteiger partial charge in [0.1, 0.15) is 0 Å². The molecule has 2 aromatic rings. The molecule has 2 aromatic carbocycles. The summed E-state index contributed by atoms with van der Waals surface area (Å²) in [4.78, 5) is 13.6. The molecule has 0 aliphatic carbocycles. The zero-order valence-electron chi connectivity index (χ0n) is 11.6. The van der Waals surface area contributed by atoms with E-state index in [1.165, 1.54) is 11.1 Å². The molecule has 0 heterocycles. The molecule has 0 fully saturated rings. The van der Waals surface area contributed by atoms with E-state index in [-0.39, 0.29) is 5.91 Å². The Labute approximate surface area is 128 Å². The summed E-state index contributed by atoms with van der Waals surface area (Å²) in [6, 6.07) is 18.3. The van der Waals surface area contributed by atoms with Crippen LogP contribution in [0.2, 0.25) is 0 Å². The van der Waals surface area contributed by atoms with Crippen molar-refractivity contribution in [2.24, 2.45) is 0 Å². The van der Waals surface area contributed by atoms with Crippen LogP contribution in [0.25, 0.3) is 0 Å². The average molecular weight is 332 g/mol. The number of amides is 1. The van der Waals surface area contributed by atoms with Gasteiger partial charge >= 0.3 is 0 Å². The first-order valence-corrected chi connectivity index (χ1v) is 7.48. The summed E-state index contributed by atoms with van der Waals surface area (Å²) in [5, 5.41) is 0. The molecule has 0 N–H and O–H groups in total. The van der Waals surface area contributed by atoms with Crippen LogP contribution in [0, 0.1) is 0 Å². The predicted molar refractivity (Wildman–Crippen MR) is 85.4 cm³/mol. The van der Waals surface area contributed by atoms with E-state index in [9.17, 15) is 4.79 Å². The first kappa shape index (κ1) is 14.8. The van der Waals surface area contributed by atoms with E-state index in [1.807, 2.05) is 35.2 Å². The second-order valence-corrected chi connectivity index (χ2v) is 5.72. The van der Waals surface area contributed by atoms with Gasteiger partial charge in [0.2, 0.25) is 5.91 Å². The zero-order chi connectivity index (χ0) is 14.4. The van der Waals surface area contributed by atoms with Crippen molar-refractivity contribution in [1.29, 1.82) is 0 Å². The lowest BCUT2D eigenvalue weighted by Gasteiger charge is -2.21. The lowest BCUT2D eigenvalue weighted by molar-refractivity contribution is -0.129. The Hall–Kier alpha value is -1.61. The van der Waals surface area contributed by atoms with E-state index in [4.69, 9.17) is 0 Å². The van der Waals surface area contributed by atoms with Crippen molar-refractivity contribution in [3.8, 4) is 0 Å². The minimum Gasteiger partial charge on any atom is -0.338 e. The molecule has 0 spiro atoms. The van der Waals surface area contributed by atoms with Crippen LogP contribution in [0.5, 0.6) is 0 Å². The van der Waals surface area contributed by atoms with Crippen LogP contribution in [-0.2, 0) is 17.8 Å². The molecule has 0 saturated carbocycles. The van der Waals surface area contributed by atoms with Crippen molar-refractivity contribution in [2.75, 3.05) is 6.54 Å². The second kappa shape index (κ2) is 7.25. The number of carbonyl (C=O) groups is 1. The maximum absolute atomic E-state index is 11.7. The van der Waals surface area contributed by atoms with Gasteiger partial charge in [-0.15, -0.1) is 0 Å². The second-order valence-electron chi connectivity index (χ2n) is 4.80. The SMILES string of the molecule is CC(=O)N(CCc1ccc(Br)cc1)Cc1ccccc1. The molecule has 0 aliphatic heterocycles. The van der Waals surface area contributed by atoms with Gasteiger partial charge in [0.05, 0.1) is 0 Å². The van der Waals surface area contributed by atoms with Crippen LogP contribution in [0.1, 0.15) is 18.1 Å². The highest BCUT2D eigenvalue weighted by atomic mass is 79.9. The molecule has 2 rings (SSSR count). The number of benzene rings is 2. The van der Waals surface area contributed by atoms with E-state index < -0.39 is 0 Å². The Balaban J connectivity index is 1.96. The smallest absolute Gasteiger partial charge is 0.219 e. The number of hydrogen-bond acceptors (Lipinski definition) is 1. The Morgan fingerprint density at radius 2 is 1.65 bits per heavy atom. The Kier molecular flexibility index (Phi) is 5.36. The van der Waals surface area contributed by atoms with Gasteiger partial charge in [0.25, 0.3) is 0 Å². The summed E-state index contributed by atoms with van der Waals surface area (Å²) in [5.74, 6) is 0.117. The van der Waals surface area contributed by atoms with Crippen molar-refractivity contribution in [3.63, 3.8) is 0 Å². The van der Waals surface area contributed by atoms with Crippen molar-refractivity contribution in [2.45, 2.75) is 19.9 Å². The maximum atomic E-state index is 11.7. The third-order valence-corrected chi connectivity index (χ3v) is 3.77. The molecule has 20 heavy (non-hydrogen) atoms. The molecule has 0 aromatic heterocycles.